The molecular weight excluding hydrogens is 254 g/mol. The fourth-order valence-corrected chi connectivity index (χ4v) is 1.73. The molecule has 0 saturated heterocycles. The second-order valence-corrected chi connectivity index (χ2v) is 3.99. The molecule has 0 radical (unpaired) electrons. The highest BCUT2D eigenvalue weighted by Crippen LogP contribution is 2.22. The smallest absolute Gasteiger partial charge is 0.328 e. The van der Waals surface area contributed by atoms with Gasteiger partial charge in [-0.05, 0) is 18.4 Å². The highest BCUT2D eigenvalue weighted by Gasteiger charge is 2.16. The molecule has 0 N–H and O–H groups in total. The van der Waals surface area contributed by atoms with Crippen LogP contribution in [-0.4, -0.2) is 23.8 Å². The molecule has 0 spiro atoms. The lowest BCUT2D eigenvalue weighted by atomic mass is 10.1. The molecule has 1 unspecified atom stereocenters. The number of hydrogen-bond donors (Lipinski definition) is 0. The molecule has 5 heteroatoms. The van der Waals surface area contributed by atoms with Crippen molar-refractivity contribution in [2.75, 3.05) is 6.61 Å². The molecule has 2 aromatic rings. The van der Waals surface area contributed by atoms with Crippen LogP contribution in [-0.2, 0) is 9.53 Å². The number of rotatable bonds is 4. The summed E-state index contributed by atoms with van der Waals surface area (Å²) in [6.45, 7) is 1.92. The summed E-state index contributed by atoms with van der Waals surface area (Å²) in [5, 5.41) is 10.8. The third-order valence-corrected chi connectivity index (χ3v) is 2.68. The van der Waals surface area contributed by atoms with Gasteiger partial charge in [0.15, 0.2) is 11.7 Å². The average Bonchev–Trinajstić information content (AvgIpc) is 2.48. The number of hydrogen-bond acceptors (Lipinski definition) is 5. The molecule has 5 nitrogen and oxygen atoms in total. The molecule has 0 fully saturated rings. The number of aromatic nitrogens is 1. The van der Waals surface area contributed by atoms with Crippen molar-refractivity contribution < 1.29 is 9.53 Å². The van der Waals surface area contributed by atoms with Crippen LogP contribution in [0.4, 0.5) is 5.82 Å². The van der Waals surface area contributed by atoms with E-state index in [1.807, 2.05) is 36.4 Å². The normalized spacial score (nSPS) is 12.2. The summed E-state index contributed by atoms with van der Waals surface area (Å²) < 4.78 is 4.80. The first-order valence-corrected chi connectivity index (χ1v) is 6.20. The highest BCUT2D eigenvalue weighted by atomic mass is 16.5. The van der Waals surface area contributed by atoms with Crippen LogP contribution in [0.3, 0.4) is 0 Å². The second kappa shape index (κ2) is 6.43. The van der Waals surface area contributed by atoms with Gasteiger partial charge >= 0.3 is 5.97 Å². The highest BCUT2D eigenvalue weighted by molar-refractivity contribution is 5.96. The van der Waals surface area contributed by atoms with Crippen LogP contribution in [0.5, 0.6) is 0 Å². The summed E-state index contributed by atoms with van der Waals surface area (Å²) in [6.07, 6.45) is 2.91. The Balaban J connectivity index is 2.29. The molecule has 0 aliphatic carbocycles. The van der Waals surface area contributed by atoms with Gasteiger partial charge in [0.05, 0.1) is 12.7 Å². The Labute approximate surface area is 116 Å². The molecule has 2 rings (SSSR count). The molecule has 0 aliphatic heterocycles. The zero-order valence-corrected chi connectivity index (χ0v) is 11.0. The topological polar surface area (TPSA) is 75.3 Å². The molecule has 0 aliphatic rings. The monoisotopic (exact) mass is 267 g/mol. The average molecular weight is 267 g/mol. The first kappa shape index (κ1) is 13.7. The standard InChI is InChI=1S/C15H13N3O2/c1-2-20-15(19)12(9-16)10-18-14-13-6-4-3-5-11(13)7-8-17-14/h3-8,10,12H,2H2,1H3. The minimum absolute atomic E-state index is 0.234. The van der Waals surface area contributed by atoms with Gasteiger partial charge in [0.1, 0.15) is 0 Å². The minimum atomic E-state index is -1.02. The molecule has 20 heavy (non-hydrogen) atoms. The van der Waals surface area contributed by atoms with Crippen molar-refractivity contribution in [1.82, 2.24) is 4.98 Å². The summed E-state index contributed by atoms with van der Waals surface area (Å²) in [4.78, 5) is 19.8. The van der Waals surface area contributed by atoms with E-state index in [1.54, 1.807) is 13.1 Å². The van der Waals surface area contributed by atoms with Crippen molar-refractivity contribution in [3.05, 3.63) is 36.5 Å². The van der Waals surface area contributed by atoms with Crippen molar-refractivity contribution in [1.29, 1.82) is 5.26 Å². The van der Waals surface area contributed by atoms with E-state index >= 15 is 0 Å². The summed E-state index contributed by atoms with van der Waals surface area (Å²) in [7, 11) is 0. The first-order valence-electron chi connectivity index (χ1n) is 6.20. The molecule has 1 heterocycles. The molecule has 0 amide bonds. The van der Waals surface area contributed by atoms with E-state index < -0.39 is 11.9 Å². The number of esters is 1. The van der Waals surface area contributed by atoms with Gasteiger partial charge in [0.2, 0.25) is 0 Å². The Kier molecular flexibility index (Phi) is 4.40. The SMILES string of the molecule is CCOC(=O)C(C#N)C=Nc1nccc2ccccc12. The maximum absolute atomic E-state index is 11.5. The van der Waals surface area contributed by atoms with Crippen molar-refractivity contribution in [2.45, 2.75) is 6.92 Å². The number of nitriles is 1. The lowest BCUT2D eigenvalue weighted by Crippen LogP contribution is -2.17. The van der Waals surface area contributed by atoms with Gasteiger partial charge in [-0.25, -0.2) is 9.98 Å². The van der Waals surface area contributed by atoms with Crippen LogP contribution < -0.4 is 0 Å². The predicted octanol–water partition coefficient (Wildman–Crippen LogP) is 2.64. The van der Waals surface area contributed by atoms with Crippen LogP contribution in [0.2, 0.25) is 0 Å². The fraction of sp³-hybridized carbons (Fsp3) is 0.200. The molecular formula is C15H13N3O2. The van der Waals surface area contributed by atoms with E-state index in [9.17, 15) is 4.79 Å². The molecule has 1 aromatic heterocycles. The number of carbonyl (C=O) groups is 1. The van der Waals surface area contributed by atoms with Gasteiger partial charge in [-0.15, -0.1) is 0 Å². The predicted molar refractivity (Wildman–Crippen MR) is 75.6 cm³/mol. The fourth-order valence-electron chi connectivity index (χ4n) is 1.73. The van der Waals surface area contributed by atoms with Gasteiger partial charge in [0, 0.05) is 17.8 Å². The largest absolute Gasteiger partial charge is 0.465 e. The van der Waals surface area contributed by atoms with Gasteiger partial charge in [-0.1, -0.05) is 24.3 Å². The van der Waals surface area contributed by atoms with E-state index in [0.717, 1.165) is 10.8 Å². The van der Waals surface area contributed by atoms with Crippen molar-refractivity contribution >= 4 is 28.8 Å². The number of ether oxygens (including phenoxy) is 1. The van der Waals surface area contributed by atoms with E-state index in [4.69, 9.17) is 10.00 Å². The molecule has 0 bridgehead atoms. The number of carbonyl (C=O) groups excluding carboxylic acids is 1. The molecule has 1 atom stereocenters. The maximum atomic E-state index is 11.5. The molecule has 0 saturated carbocycles. The first-order chi connectivity index (χ1) is 9.76. The van der Waals surface area contributed by atoms with Gasteiger partial charge in [0.25, 0.3) is 0 Å². The Bertz CT molecular complexity index is 684. The Morgan fingerprint density at radius 2 is 2.30 bits per heavy atom. The Morgan fingerprint density at radius 3 is 3.05 bits per heavy atom. The Morgan fingerprint density at radius 1 is 1.50 bits per heavy atom. The Hall–Kier alpha value is -2.74. The number of aliphatic imine (C=N–C) groups is 1. The molecule has 100 valence electrons. The maximum Gasteiger partial charge on any atom is 0.328 e. The second-order valence-electron chi connectivity index (χ2n) is 3.99. The van der Waals surface area contributed by atoms with Crippen molar-refractivity contribution in [3.8, 4) is 6.07 Å². The lowest BCUT2D eigenvalue weighted by molar-refractivity contribution is -0.143. The van der Waals surface area contributed by atoms with Crippen LogP contribution >= 0.6 is 0 Å². The van der Waals surface area contributed by atoms with Gasteiger partial charge in [-0.3, -0.25) is 4.79 Å². The van der Waals surface area contributed by atoms with Crippen LogP contribution in [0.15, 0.2) is 41.5 Å². The number of fused-ring (bicyclic) bond motifs is 1. The van der Waals surface area contributed by atoms with Gasteiger partial charge < -0.3 is 4.74 Å². The zero-order valence-electron chi connectivity index (χ0n) is 11.0. The summed E-state index contributed by atoms with van der Waals surface area (Å²) in [6, 6.07) is 11.4. The molecule has 1 aromatic carbocycles. The minimum Gasteiger partial charge on any atom is -0.465 e. The third-order valence-electron chi connectivity index (χ3n) is 2.68. The zero-order chi connectivity index (χ0) is 14.4. The van der Waals surface area contributed by atoms with E-state index in [-0.39, 0.29) is 6.61 Å². The van der Waals surface area contributed by atoms with E-state index in [0.29, 0.717) is 5.82 Å². The quantitative estimate of drug-likeness (QED) is 0.630. The summed E-state index contributed by atoms with van der Waals surface area (Å²) >= 11 is 0. The third kappa shape index (κ3) is 2.98. The number of pyridine rings is 1. The van der Waals surface area contributed by atoms with Crippen molar-refractivity contribution in [3.63, 3.8) is 0 Å². The lowest BCUT2D eigenvalue weighted by Gasteiger charge is -2.03. The van der Waals surface area contributed by atoms with Crippen LogP contribution in [0.1, 0.15) is 6.92 Å². The van der Waals surface area contributed by atoms with E-state index in [2.05, 4.69) is 9.98 Å². The van der Waals surface area contributed by atoms with Crippen LogP contribution in [0.25, 0.3) is 10.8 Å². The summed E-state index contributed by atoms with van der Waals surface area (Å²) in [5.74, 6) is -1.14. The van der Waals surface area contributed by atoms with Crippen LogP contribution in [0, 0.1) is 17.2 Å². The van der Waals surface area contributed by atoms with Gasteiger partial charge in [-0.2, -0.15) is 5.26 Å². The number of nitrogens with zero attached hydrogens (tertiary/aromatic N) is 3. The summed E-state index contributed by atoms with van der Waals surface area (Å²) in [5.41, 5.74) is 0. The van der Waals surface area contributed by atoms with Crippen molar-refractivity contribution in [2.24, 2.45) is 10.9 Å². The van der Waals surface area contributed by atoms with E-state index in [1.165, 1.54) is 6.21 Å². The number of benzene rings is 1.